The summed E-state index contributed by atoms with van der Waals surface area (Å²) >= 11 is 6.29. The van der Waals surface area contributed by atoms with Crippen molar-refractivity contribution in [2.75, 3.05) is 6.61 Å². The van der Waals surface area contributed by atoms with Gasteiger partial charge < -0.3 is 9.30 Å². The number of rotatable bonds is 5. The van der Waals surface area contributed by atoms with Crippen LogP contribution in [0.25, 0.3) is 0 Å². The fourth-order valence-electron chi connectivity index (χ4n) is 2.12. The fourth-order valence-corrected chi connectivity index (χ4v) is 2.32. The SMILES string of the molecule is CCOC(=O)c1cccn1Cc1c(Cl)c(C)nn1CC. The van der Waals surface area contributed by atoms with Crippen molar-refractivity contribution in [1.29, 1.82) is 0 Å². The van der Waals surface area contributed by atoms with Crippen molar-refractivity contribution in [3.63, 3.8) is 0 Å². The maximum atomic E-state index is 11.9. The highest BCUT2D eigenvalue weighted by Gasteiger charge is 2.17. The Hall–Kier alpha value is -1.75. The maximum absolute atomic E-state index is 11.9. The van der Waals surface area contributed by atoms with Gasteiger partial charge in [0.05, 0.1) is 29.6 Å². The molecule has 2 aromatic heterocycles. The molecule has 0 bridgehead atoms. The summed E-state index contributed by atoms with van der Waals surface area (Å²) in [4.78, 5) is 11.9. The van der Waals surface area contributed by atoms with Crippen LogP contribution in [0.3, 0.4) is 0 Å². The minimum Gasteiger partial charge on any atom is -0.461 e. The minimum absolute atomic E-state index is 0.326. The van der Waals surface area contributed by atoms with E-state index in [0.717, 1.165) is 17.9 Å². The third-order valence-corrected chi connectivity index (χ3v) is 3.58. The quantitative estimate of drug-likeness (QED) is 0.797. The molecule has 0 aliphatic heterocycles. The van der Waals surface area contributed by atoms with Crippen molar-refractivity contribution >= 4 is 17.6 Å². The third-order valence-electron chi connectivity index (χ3n) is 3.09. The Morgan fingerprint density at radius 1 is 1.45 bits per heavy atom. The molecule has 0 atom stereocenters. The smallest absolute Gasteiger partial charge is 0.354 e. The molecule has 6 heteroatoms. The van der Waals surface area contributed by atoms with E-state index in [1.165, 1.54) is 0 Å². The predicted molar refractivity (Wildman–Crippen MR) is 77.1 cm³/mol. The van der Waals surface area contributed by atoms with E-state index in [1.54, 1.807) is 13.0 Å². The average Bonchev–Trinajstić information content (AvgIpc) is 2.99. The summed E-state index contributed by atoms with van der Waals surface area (Å²) < 4.78 is 8.72. The first-order valence-corrected chi connectivity index (χ1v) is 7.00. The number of ether oxygens (including phenoxy) is 1. The Bertz CT molecular complexity index is 616. The van der Waals surface area contributed by atoms with Crippen molar-refractivity contribution in [3.8, 4) is 0 Å². The first-order valence-electron chi connectivity index (χ1n) is 6.62. The van der Waals surface area contributed by atoms with Crippen LogP contribution in [0.15, 0.2) is 18.3 Å². The molecule has 2 aromatic rings. The van der Waals surface area contributed by atoms with Crippen LogP contribution in [0.2, 0.25) is 5.02 Å². The highest BCUT2D eigenvalue weighted by molar-refractivity contribution is 6.31. The lowest BCUT2D eigenvalue weighted by molar-refractivity contribution is 0.0514. The van der Waals surface area contributed by atoms with Crippen molar-refractivity contribution < 1.29 is 9.53 Å². The number of carbonyl (C=O) groups excluding carboxylic acids is 1. The molecule has 108 valence electrons. The van der Waals surface area contributed by atoms with Gasteiger partial charge in [0.25, 0.3) is 0 Å². The summed E-state index contributed by atoms with van der Waals surface area (Å²) in [7, 11) is 0. The zero-order chi connectivity index (χ0) is 14.7. The van der Waals surface area contributed by atoms with E-state index >= 15 is 0 Å². The molecule has 0 saturated heterocycles. The molecule has 0 saturated carbocycles. The Kier molecular flexibility index (Phi) is 4.49. The Balaban J connectivity index is 2.32. The number of aryl methyl sites for hydroxylation is 2. The van der Waals surface area contributed by atoms with Gasteiger partial charge in [0.2, 0.25) is 0 Å². The number of hydrogen-bond donors (Lipinski definition) is 0. The van der Waals surface area contributed by atoms with E-state index in [0.29, 0.717) is 23.9 Å². The molecule has 0 N–H and O–H groups in total. The lowest BCUT2D eigenvalue weighted by Gasteiger charge is -2.10. The number of esters is 1. The van der Waals surface area contributed by atoms with Gasteiger partial charge in [-0.05, 0) is 32.9 Å². The molecule has 2 heterocycles. The van der Waals surface area contributed by atoms with Crippen molar-refractivity contribution in [2.24, 2.45) is 0 Å². The first kappa shape index (κ1) is 14.7. The van der Waals surface area contributed by atoms with Crippen LogP contribution in [0, 0.1) is 6.92 Å². The molecule has 0 amide bonds. The summed E-state index contributed by atoms with van der Waals surface area (Å²) in [5, 5.41) is 5.02. The largest absolute Gasteiger partial charge is 0.461 e. The molecule has 0 aliphatic carbocycles. The van der Waals surface area contributed by atoms with Crippen LogP contribution >= 0.6 is 11.6 Å². The second kappa shape index (κ2) is 6.13. The summed E-state index contributed by atoms with van der Waals surface area (Å²) in [5.74, 6) is -0.326. The van der Waals surface area contributed by atoms with E-state index in [1.807, 2.05) is 35.4 Å². The summed E-state index contributed by atoms with van der Waals surface area (Å²) in [6.07, 6.45) is 1.84. The second-order valence-corrected chi connectivity index (χ2v) is 4.78. The highest BCUT2D eigenvalue weighted by atomic mass is 35.5. The van der Waals surface area contributed by atoms with Gasteiger partial charge in [-0.25, -0.2) is 4.79 Å². The van der Waals surface area contributed by atoms with Gasteiger partial charge in [-0.1, -0.05) is 11.6 Å². The highest BCUT2D eigenvalue weighted by Crippen LogP contribution is 2.22. The van der Waals surface area contributed by atoms with Crippen LogP contribution in [0.5, 0.6) is 0 Å². The van der Waals surface area contributed by atoms with Gasteiger partial charge in [0, 0.05) is 12.7 Å². The number of aromatic nitrogens is 3. The lowest BCUT2D eigenvalue weighted by atomic mass is 10.3. The number of halogens is 1. The first-order chi connectivity index (χ1) is 9.58. The van der Waals surface area contributed by atoms with Crippen LogP contribution in [0.4, 0.5) is 0 Å². The van der Waals surface area contributed by atoms with Gasteiger partial charge in [-0.15, -0.1) is 0 Å². The number of nitrogens with zero attached hydrogens (tertiary/aromatic N) is 3. The summed E-state index contributed by atoms with van der Waals surface area (Å²) in [6, 6.07) is 3.56. The topological polar surface area (TPSA) is 49.1 Å². The van der Waals surface area contributed by atoms with E-state index < -0.39 is 0 Å². The second-order valence-electron chi connectivity index (χ2n) is 4.40. The van der Waals surface area contributed by atoms with E-state index in [4.69, 9.17) is 16.3 Å². The van der Waals surface area contributed by atoms with Crippen LogP contribution in [-0.2, 0) is 17.8 Å². The van der Waals surface area contributed by atoms with E-state index in [2.05, 4.69) is 5.10 Å². The molecule has 0 spiro atoms. The van der Waals surface area contributed by atoms with Gasteiger partial charge >= 0.3 is 5.97 Å². The van der Waals surface area contributed by atoms with E-state index in [-0.39, 0.29) is 5.97 Å². The molecule has 5 nitrogen and oxygen atoms in total. The molecule has 20 heavy (non-hydrogen) atoms. The molecule has 0 aromatic carbocycles. The van der Waals surface area contributed by atoms with Crippen molar-refractivity contribution in [1.82, 2.24) is 14.3 Å². The molecule has 0 fully saturated rings. The van der Waals surface area contributed by atoms with Crippen LogP contribution < -0.4 is 0 Å². The van der Waals surface area contributed by atoms with Gasteiger partial charge in [-0.2, -0.15) is 5.10 Å². The number of carbonyl (C=O) groups is 1. The van der Waals surface area contributed by atoms with Crippen LogP contribution in [0.1, 0.15) is 35.7 Å². The normalized spacial score (nSPS) is 10.8. The van der Waals surface area contributed by atoms with E-state index in [9.17, 15) is 4.79 Å². The standard InChI is InChI=1S/C14H18ClN3O2/c1-4-18-12(13(15)10(3)16-18)9-17-8-6-7-11(17)14(19)20-5-2/h6-8H,4-5,9H2,1-3H3. The summed E-state index contributed by atoms with van der Waals surface area (Å²) in [5.41, 5.74) is 2.21. The Labute approximate surface area is 123 Å². The summed E-state index contributed by atoms with van der Waals surface area (Å²) in [6.45, 7) is 7.26. The molecule has 0 unspecified atom stereocenters. The van der Waals surface area contributed by atoms with Crippen molar-refractivity contribution in [3.05, 3.63) is 40.4 Å². The average molecular weight is 296 g/mol. The minimum atomic E-state index is -0.326. The molecule has 2 rings (SSSR count). The fraction of sp³-hybridized carbons (Fsp3) is 0.429. The zero-order valence-corrected chi connectivity index (χ0v) is 12.6. The molecule has 0 aliphatic rings. The number of hydrogen-bond acceptors (Lipinski definition) is 3. The zero-order valence-electron chi connectivity index (χ0n) is 11.9. The van der Waals surface area contributed by atoms with Crippen LogP contribution in [-0.4, -0.2) is 26.9 Å². The predicted octanol–water partition coefficient (Wildman–Crippen LogP) is 2.89. The van der Waals surface area contributed by atoms with Gasteiger partial charge in [0.1, 0.15) is 5.69 Å². The van der Waals surface area contributed by atoms with Gasteiger partial charge in [-0.3, -0.25) is 4.68 Å². The monoisotopic (exact) mass is 295 g/mol. The Morgan fingerprint density at radius 2 is 2.20 bits per heavy atom. The molecular formula is C14H18ClN3O2. The van der Waals surface area contributed by atoms with Crippen molar-refractivity contribution in [2.45, 2.75) is 33.9 Å². The molecular weight excluding hydrogens is 278 g/mol. The Morgan fingerprint density at radius 3 is 2.85 bits per heavy atom. The maximum Gasteiger partial charge on any atom is 0.354 e. The molecule has 0 radical (unpaired) electrons. The lowest BCUT2D eigenvalue weighted by Crippen LogP contribution is -2.14. The third kappa shape index (κ3) is 2.72. The van der Waals surface area contributed by atoms with Gasteiger partial charge in [0.15, 0.2) is 0 Å².